The van der Waals surface area contributed by atoms with Gasteiger partial charge in [-0.25, -0.2) is 4.79 Å². The lowest BCUT2D eigenvalue weighted by Gasteiger charge is -2.13. The second kappa shape index (κ2) is 5.40. The van der Waals surface area contributed by atoms with Crippen molar-refractivity contribution in [2.75, 3.05) is 6.61 Å². The van der Waals surface area contributed by atoms with Gasteiger partial charge in [-0.1, -0.05) is 13.8 Å². The second-order valence-electron chi connectivity index (χ2n) is 2.95. The molecule has 76 valence electrons. The maximum Gasteiger partial charge on any atom is 0.538 e. The van der Waals surface area contributed by atoms with Crippen molar-refractivity contribution in [1.29, 1.82) is 0 Å². The first kappa shape index (κ1) is 11.7. The summed E-state index contributed by atoms with van der Waals surface area (Å²) in [6.45, 7) is 5.43. The SMILES string of the molecule is CCOC(=O)NC(C(=O)[OH2+])C(C)C. The highest BCUT2D eigenvalue weighted by Gasteiger charge is 2.30. The van der Waals surface area contributed by atoms with Crippen LogP contribution in [0.15, 0.2) is 0 Å². The fraction of sp³-hybridized carbons (Fsp3) is 0.750. The molecule has 5 heteroatoms. The molecule has 0 aromatic rings. The van der Waals surface area contributed by atoms with Crippen LogP contribution in [0.3, 0.4) is 0 Å². The molecule has 0 rings (SSSR count). The minimum Gasteiger partial charge on any atom is -0.563 e. The van der Waals surface area contributed by atoms with Crippen LogP contribution in [-0.2, 0) is 9.53 Å². The summed E-state index contributed by atoms with van der Waals surface area (Å²) in [5, 5.41) is 9.20. The molecule has 0 aromatic carbocycles. The van der Waals surface area contributed by atoms with E-state index in [1.165, 1.54) is 0 Å². The number of hydrogen-bond acceptors (Lipinski definition) is 3. The fourth-order valence-electron chi connectivity index (χ4n) is 0.835. The van der Waals surface area contributed by atoms with Crippen molar-refractivity contribution in [1.82, 2.24) is 5.32 Å². The van der Waals surface area contributed by atoms with Crippen molar-refractivity contribution in [2.24, 2.45) is 5.92 Å². The van der Waals surface area contributed by atoms with E-state index in [1.807, 2.05) is 0 Å². The second-order valence-corrected chi connectivity index (χ2v) is 2.95. The number of ether oxygens (including phenoxy) is 1. The Morgan fingerprint density at radius 2 is 2.00 bits per heavy atom. The summed E-state index contributed by atoms with van der Waals surface area (Å²) in [7, 11) is 0. The van der Waals surface area contributed by atoms with E-state index in [0.717, 1.165) is 0 Å². The number of alkyl carbamates (subject to hydrolysis) is 1. The molecule has 0 aliphatic heterocycles. The number of carbonyl (C=O) groups excluding carboxylic acids is 2. The van der Waals surface area contributed by atoms with E-state index in [-0.39, 0.29) is 12.5 Å². The Hall–Kier alpha value is -1.26. The molecule has 1 unspecified atom stereocenters. The Balaban J connectivity index is 4.10. The number of amides is 1. The van der Waals surface area contributed by atoms with Crippen LogP contribution in [0.5, 0.6) is 0 Å². The van der Waals surface area contributed by atoms with Gasteiger partial charge in [0.25, 0.3) is 0 Å². The van der Waals surface area contributed by atoms with E-state index in [0.29, 0.717) is 0 Å². The van der Waals surface area contributed by atoms with Crippen molar-refractivity contribution in [3.8, 4) is 0 Å². The summed E-state index contributed by atoms with van der Waals surface area (Å²) in [5.74, 6) is -0.905. The van der Waals surface area contributed by atoms with E-state index in [2.05, 4.69) is 10.1 Å². The third kappa shape index (κ3) is 4.35. The van der Waals surface area contributed by atoms with Gasteiger partial charge in [0.2, 0.25) is 0 Å². The van der Waals surface area contributed by atoms with Gasteiger partial charge >= 0.3 is 12.1 Å². The van der Waals surface area contributed by atoms with Crippen LogP contribution >= 0.6 is 0 Å². The Kier molecular flexibility index (Phi) is 4.87. The van der Waals surface area contributed by atoms with E-state index in [4.69, 9.17) is 5.11 Å². The van der Waals surface area contributed by atoms with E-state index in [1.54, 1.807) is 20.8 Å². The van der Waals surface area contributed by atoms with Gasteiger partial charge in [0.05, 0.1) is 6.61 Å². The summed E-state index contributed by atoms with van der Waals surface area (Å²) in [4.78, 5) is 21.6. The van der Waals surface area contributed by atoms with Crippen LogP contribution in [0.25, 0.3) is 0 Å². The Morgan fingerprint density at radius 1 is 1.46 bits per heavy atom. The summed E-state index contributed by atoms with van der Waals surface area (Å²) >= 11 is 0. The molecule has 0 radical (unpaired) electrons. The summed E-state index contributed by atoms with van der Waals surface area (Å²) in [6, 6.07) is -0.779. The summed E-state index contributed by atoms with van der Waals surface area (Å²) < 4.78 is 4.59. The normalized spacial score (nSPS) is 12.3. The Morgan fingerprint density at radius 3 is 2.31 bits per heavy atom. The van der Waals surface area contributed by atoms with Gasteiger partial charge < -0.3 is 15.2 Å². The summed E-state index contributed by atoms with van der Waals surface area (Å²) in [5.41, 5.74) is 0. The van der Waals surface area contributed by atoms with Crippen LogP contribution in [-0.4, -0.2) is 29.8 Å². The number of carbonyl (C=O) groups is 2. The highest BCUT2D eigenvalue weighted by atomic mass is 16.5. The predicted molar refractivity (Wildman–Crippen MR) is 47.4 cm³/mol. The van der Waals surface area contributed by atoms with Crippen LogP contribution < -0.4 is 5.32 Å². The van der Waals surface area contributed by atoms with Gasteiger partial charge in [-0.15, -0.1) is 0 Å². The number of hydrogen-bond donors (Lipinski definition) is 1. The molecule has 0 heterocycles. The molecule has 5 nitrogen and oxygen atoms in total. The number of rotatable bonds is 4. The average molecular weight is 190 g/mol. The molecule has 0 aliphatic rings. The minimum atomic E-state index is -0.803. The molecule has 1 amide bonds. The minimum absolute atomic E-state index is 0.102. The molecule has 0 saturated carbocycles. The lowest BCUT2D eigenvalue weighted by atomic mass is 10.1. The van der Waals surface area contributed by atoms with Crippen LogP contribution in [0.1, 0.15) is 20.8 Å². The van der Waals surface area contributed by atoms with E-state index >= 15 is 0 Å². The highest BCUT2D eigenvalue weighted by Crippen LogP contribution is 2.01. The lowest BCUT2D eigenvalue weighted by Crippen LogP contribution is -2.44. The van der Waals surface area contributed by atoms with E-state index in [9.17, 15) is 9.59 Å². The van der Waals surface area contributed by atoms with Gasteiger partial charge in [0.15, 0.2) is 6.04 Å². The topological polar surface area (TPSA) is 78.3 Å². The molecular formula is C8H16NO4+. The maximum atomic E-state index is 10.9. The van der Waals surface area contributed by atoms with Crippen molar-refractivity contribution in [2.45, 2.75) is 26.8 Å². The smallest absolute Gasteiger partial charge is 0.538 e. The molecular weight excluding hydrogens is 174 g/mol. The molecule has 0 fully saturated rings. The van der Waals surface area contributed by atoms with Gasteiger partial charge in [-0.3, -0.25) is 0 Å². The molecule has 0 aromatic heterocycles. The average Bonchev–Trinajstić information content (AvgIpc) is 1.99. The zero-order chi connectivity index (χ0) is 10.4. The van der Waals surface area contributed by atoms with Gasteiger partial charge in [0.1, 0.15) is 0 Å². The fourth-order valence-corrected chi connectivity index (χ4v) is 0.835. The maximum absolute atomic E-state index is 10.9. The zero-order valence-electron chi connectivity index (χ0n) is 8.09. The van der Waals surface area contributed by atoms with Gasteiger partial charge in [-0.2, -0.15) is 0 Å². The van der Waals surface area contributed by atoms with Crippen LogP contribution in [0.4, 0.5) is 4.79 Å². The van der Waals surface area contributed by atoms with Crippen molar-refractivity contribution in [3.63, 3.8) is 0 Å². The first-order chi connectivity index (χ1) is 5.99. The lowest BCUT2D eigenvalue weighted by molar-refractivity contribution is -0.140. The Bertz CT molecular complexity index is 191. The third-order valence-corrected chi connectivity index (χ3v) is 1.50. The summed E-state index contributed by atoms with van der Waals surface area (Å²) in [6.07, 6.45) is -0.651. The largest absolute Gasteiger partial charge is 0.563 e. The molecule has 1 atom stereocenters. The third-order valence-electron chi connectivity index (χ3n) is 1.50. The molecule has 0 saturated heterocycles. The Labute approximate surface area is 77.1 Å². The first-order valence-electron chi connectivity index (χ1n) is 4.17. The van der Waals surface area contributed by atoms with Gasteiger partial charge in [0, 0.05) is 4.79 Å². The number of nitrogens with one attached hydrogen (secondary N) is 1. The van der Waals surface area contributed by atoms with Crippen molar-refractivity contribution >= 4 is 12.1 Å². The zero-order valence-corrected chi connectivity index (χ0v) is 8.09. The molecule has 3 N–H and O–H groups in total. The monoisotopic (exact) mass is 190 g/mol. The predicted octanol–water partition coefficient (Wildman–Crippen LogP) is 0.00830. The van der Waals surface area contributed by atoms with Gasteiger partial charge in [-0.05, 0) is 12.8 Å². The quantitative estimate of drug-likeness (QED) is 0.634. The van der Waals surface area contributed by atoms with E-state index < -0.39 is 18.1 Å². The molecule has 0 spiro atoms. The first-order valence-corrected chi connectivity index (χ1v) is 4.17. The highest BCUT2D eigenvalue weighted by molar-refractivity contribution is 5.80. The molecule has 0 bridgehead atoms. The van der Waals surface area contributed by atoms with Crippen molar-refractivity contribution in [3.05, 3.63) is 0 Å². The standard InChI is InChI=1S/C8H15NO4/c1-4-13-8(12)9-6(5(2)3)7(10)11/h5-6H,4H2,1-3H3,(H,9,12)(H,10,11)/p+1. The van der Waals surface area contributed by atoms with Crippen LogP contribution in [0.2, 0.25) is 0 Å². The van der Waals surface area contributed by atoms with Crippen molar-refractivity contribution < 1.29 is 19.4 Å². The molecule has 13 heavy (non-hydrogen) atoms. The van der Waals surface area contributed by atoms with Crippen LogP contribution in [0, 0.1) is 5.92 Å². The molecule has 0 aliphatic carbocycles.